The molecule has 1 atom stereocenters. The molecule has 2 amide bonds. The Labute approximate surface area is 149 Å². The molecule has 0 saturated carbocycles. The first-order valence-electron chi connectivity index (χ1n) is 8.80. The molecule has 0 spiro atoms. The van der Waals surface area contributed by atoms with Crippen LogP contribution in [0.3, 0.4) is 0 Å². The Morgan fingerprint density at radius 3 is 2.48 bits per heavy atom. The van der Waals surface area contributed by atoms with Gasteiger partial charge in [-0.25, -0.2) is 4.79 Å². The molecule has 3 N–H and O–H groups in total. The summed E-state index contributed by atoms with van der Waals surface area (Å²) < 4.78 is 0. The Morgan fingerprint density at radius 1 is 1.08 bits per heavy atom. The van der Waals surface area contributed by atoms with E-state index in [0.717, 1.165) is 29.8 Å². The Bertz CT molecular complexity index is 760. The third-order valence-corrected chi connectivity index (χ3v) is 4.72. The van der Waals surface area contributed by atoms with Gasteiger partial charge in [0.15, 0.2) is 0 Å². The van der Waals surface area contributed by atoms with Crippen LogP contribution in [0.4, 0.5) is 16.2 Å². The van der Waals surface area contributed by atoms with Gasteiger partial charge in [-0.15, -0.1) is 0 Å². The normalized spacial score (nSPS) is 16.9. The summed E-state index contributed by atoms with van der Waals surface area (Å²) in [5.41, 5.74) is 5.10. The summed E-state index contributed by atoms with van der Waals surface area (Å²) in [4.78, 5) is 12.3. The molecule has 1 aliphatic carbocycles. The highest BCUT2D eigenvalue weighted by Gasteiger charge is 2.20. The van der Waals surface area contributed by atoms with Crippen molar-refractivity contribution in [3.05, 3.63) is 59.2 Å². The van der Waals surface area contributed by atoms with Crippen LogP contribution in [0.1, 0.15) is 43.9 Å². The van der Waals surface area contributed by atoms with E-state index < -0.39 is 0 Å². The molecule has 2 aromatic carbocycles. The lowest BCUT2D eigenvalue weighted by Gasteiger charge is -2.23. The number of anilines is 2. The molecule has 2 aromatic rings. The zero-order chi connectivity index (χ0) is 18.0. The van der Waals surface area contributed by atoms with E-state index in [0.29, 0.717) is 6.42 Å². The maximum atomic E-state index is 12.3. The topological polar surface area (TPSA) is 61.4 Å². The zero-order valence-electron chi connectivity index (χ0n) is 15.1. The van der Waals surface area contributed by atoms with Gasteiger partial charge >= 0.3 is 6.03 Å². The van der Waals surface area contributed by atoms with Gasteiger partial charge < -0.3 is 15.7 Å². The summed E-state index contributed by atoms with van der Waals surface area (Å²) in [6, 6.07) is 13.6. The van der Waals surface area contributed by atoms with E-state index >= 15 is 0 Å². The molecule has 132 valence electrons. The summed E-state index contributed by atoms with van der Waals surface area (Å²) in [6.07, 6.45) is 1.89. The second-order valence-electron chi connectivity index (χ2n) is 7.75. The molecule has 1 aliphatic rings. The number of carbonyl (C=O) groups excluding carboxylic acids is 1. The average Bonchev–Trinajstić information content (AvgIpc) is 2.55. The molecule has 0 fully saturated rings. The van der Waals surface area contributed by atoms with E-state index in [1.807, 2.05) is 36.4 Å². The van der Waals surface area contributed by atoms with Crippen molar-refractivity contribution >= 4 is 17.4 Å². The lowest BCUT2D eigenvalue weighted by atomic mass is 9.87. The highest BCUT2D eigenvalue weighted by molar-refractivity contribution is 6.00. The quantitative estimate of drug-likeness (QED) is 0.756. The van der Waals surface area contributed by atoms with Gasteiger partial charge in [-0.3, -0.25) is 0 Å². The molecule has 4 nitrogen and oxygen atoms in total. The number of rotatable bonds is 2. The van der Waals surface area contributed by atoms with E-state index in [9.17, 15) is 9.90 Å². The monoisotopic (exact) mass is 338 g/mol. The predicted octanol–water partition coefficient (Wildman–Crippen LogP) is 4.48. The van der Waals surface area contributed by atoms with Gasteiger partial charge in [0.25, 0.3) is 0 Å². The lowest BCUT2D eigenvalue weighted by Crippen LogP contribution is -2.24. The zero-order valence-corrected chi connectivity index (χ0v) is 15.1. The molecular weight excluding hydrogens is 312 g/mol. The van der Waals surface area contributed by atoms with Crippen LogP contribution in [-0.4, -0.2) is 17.2 Å². The van der Waals surface area contributed by atoms with Gasteiger partial charge in [-0.05, 0) is 53.1 Å². The van der Waals surface area contributed by atoms with E-state index in [2.05, 4.69) is 37.5 Å². The molecular formula is C21H26N2O2. The fourth-order valence-corrected chi connectivity index (χ4v) is 3.23. The first-order valence-corrected chi connectivity index (χ1v) is 8.80. The van der Waals surface area contributed by atoms with Crippen LogP contribution in [-0.2, 0) is 18.3 Å². The standard InChI is InChI=1S/C21H26N2O2/c1-21(2,3)15-8-10-16(11-9-15)22-20(25)23-19-6-4-5-14-7-12-17(24)13-18(14)19/h4-6,8-11,17,24H,7,12-13H2,1-3H3,(H2,22,23,25). The predicted molar refractivity (Wildman–Crippen MR) is 102 cm³/mol. The summed E-state index contributed by atoms with van der Waals surface area (Å²) >= 11 is 0. The third-order valence-electron chi connectivity index (χ3n) is 4.72. The highest BCUT2D eigenvalue weighted by atomic mass is 16.3. The van der Waals surface area contributed by atoms with E-state index in [-0.39, 0.29) is 17.6 Å². The number of urea groups is 1. The van der Waals surface area contributed by atoms with E-state index in [1.165, 1.54) is 11.1 Å². The minimum absolute atomic E-state index is 0.0880. The third kappa shape index (κ3) is 4.20. The fraction of sp³-hybridized carbons (Fsp3) is 0.381. The van der Waals surface area contributed by atoms with Crippen molar-refractivity contribution in [2.24, 2.45) is 0 Å². The summed E-state index contributed by atoms with van der Waals surface area (Å²) in [6.45, 7) is 6.49. The minimum Gasteiger partial charge on any atom is -0.393 e. The van der Waals surface area contributed by atoms with Crippen LogP contribution >= 0.6 is 0 Å². The number of carbonyl (C=O) groups is 1. The van der Waals surface area contributed by atoms with Crippen molar-refractivity contribution in [1.82, 2.24) is 0 Å². The number of aliphatic hydroxyl groups is 1. The van der Waals surface area contributed by atoms with Crippen molar-refractivity contribution in [1.29, 1.82) is 0 Å². The number of aliphatic hydroxyl groups excluding tert-OH is 1. The van der Waals surface area contributed by atoms with Gasteiger partial charge in [0.1, 0.15) is 0 Å². The Morgan fingerprint density at radius 2 is 1.80 bits per heavy atom. The van der Waals surface area contributed by atoms with Crippen molar-refractivity contribution < 1.29 is 9.90 Å². The number of aryl methyl sites for hydroxylation is 1. The maximum absolute atomic E-state index is 12.3. The Hall–Kier alpha value is -2.33. The van der Waals surface area contributed by atoms with Crippen molar-refractivity contribution in [3.8, 4) is 0 Å². The van der Waals surface area contributed by atoms with Crippen LogP contribution in [0, 0.1) is 0 Å². The summed E-state index contributed by atoms with van der Waals surface area (Å²) in [5, 5.41) is 15.7. The molecule has 0 saturated heterocycles. The molecule has 25 heavy (non-hydrogen) atoms. The van der Waals surface area contributed by atoms with Gasteiger partial charge in [-0.2, -0.15) is 0 Å². The summed E-state index contributed by atoms with van der Waals surface area (Å²) in [5.74, 6) is 0. The highest BCUT2D eigenvalue weighted by Crippen LogP contribution is 2.28. The molecule has 0 aromatic heterocycles. The van der Waals surface area contributed by atoms with Crippen LogP contribution in [0.25, 0.3) is 0 Å². The lowest BCUT2D eigenvalue weighted by molar-refractivity contribution is 0.159. The largest absolute Gasteiger partial charge is 0.393 e. The van der Waals surface area contributed by atoms with Gasteiger partial charge in [0.05, 0.1) is 6.10 Å². The first-order chi connectivity index (χ1) is 11.8. The molecule has 0 heterocycles. The minimum atomic E-state index is -0.330. The number of benzene rings is 2. The van der Waals surface area contributed by atoms with Crippen LogP contribution in [0.2, 0.25) is 0 Å². The first kappa shape index (κ1) is 17.5. The average molecular weight is 338 g/mol. The molecule has 4 heteroatoms. The smallest absolute Gasteiger partial charge is 0.323 e. The Balaban J connectivity index is 1.69. The van der Waals surface area contributed by atoms with Gasteiger partial charge in [0, 0.05) is 17.8 Å². The van der Waals surface area contributed by atoms with E-state index in [4.69, 9.17) is 0 Å². The van der Waals surface area contributed by atoms with Crippen molar-refractivity contribution in [3.63, 3.8) is 0 Å². The molecule has 1 unspecified atom stereocenters. The number of fused-ring (bicyclic) bond motifs is 1. The van der Waals surface area contributed by atoms with E-state index in [1.54, 1.807) is 0 Å². The van der Waals surface area contributed by atoms with Gasteiger partial charge in [-0.1, -0.05) is 45.0 Å². The number of hydrogen-bond donors (Lipinski definition) is 3. The SMILES string of the molecule is CC(C)(C)c1ccc(NC(=O)Nc2cccc3c2CC(O)CC3)cc1. The molecule has 0 bridgehead atoms. The van der Waals surface area contributed by atoms with Crippen molar-refractivity contribution in [2.45, 2.75) is 51.6 Å². The second-order valence-corrected chi connectivity index (χ2v) is 7.75. The maximum Gasteiger partial charge on any atom is 0.323 e. The fourth-order valence-electron chi connectivity index (χ4n) is 3.23. The number of hydrogen-bond acceptors (Lipinski definition) is 2. The van der Waals surface area contributed by atoms with Gasteiger partial charge in [0.2, 0.25) is 0 Å². The molecule has 3 rings (SSSR count). The Kier molecular flexibility index (Phi) is 4.82. The summed E-state index contributed by atoms with van der Waals surface area (Å²) in [7, 11) is 0. The molecule has 0 aliphatic heterocycles. The number of amides is 2. The number of nitrogens with one attached hydrogen (secondary N) is 2. The van der Waals surface area contributed by atoms with Crippen LogP contribution in [0.5, 0.6) is 0 Å². The molecule has 0 radical (unpaired) electrons. The second kappa shape index (κ2) is 6.89. The van der Waals surface area contributed by atoms with Crippen LogP contribution < -0.4 is 10.6 Å². The van der Waals surface area contributed by atoms with Crippen LogP contribution in [0.15, 0.2) is 42.5 Å². The van der Waals surface area contributed by atoms with Crippen molar-refractivity contribution in [2.75, 3.05) is 10.6 Å².